The molecule has 1 N–H and O–H groups in total. The van der Waals surface area contributed by atoms with Gasteiger partial charge in [0.25, 0.3) is 0 Å². The van der Waals surface area contributed by atoms with E-state index in [1.54, 1.807) is 18.2 Å². The summed E-state index contributed by atoms with van der Waals surface area (Å²) in [6.45, 7) is 3.51. The van der Waals surface area contributed by atoms with E-state index in [2.05, 4.69) is 10.4 Å². The van der Waals surface area contributed by atoms with Gasteiger partial charge in [0.2, 0.25) is 11.8 Å². The molecular formula is C22H28N4O4. The molecule has 3 heterocycles. The number of rotatable bonds is 6. The van der Waals surface area contributed by atoms with Crippen LogP contribution in [0.25, 0.3) is 0 Å². The maximum atomic E-state index is 12.8. The molecule has 0 saturated carbocycles. The first kappa shape index (κ1) is 20.4. The van der Waals surface area contributed by atoms with E-state index in [1.807, 2.05) is 42.9 Å². The van der Waals surface area contributed by atoms with Crippen LogP contribution in [-0.4, -0.2) is 48.4 Å². The fraction of sp³-hybridized carbons (Fsp3) is 0.500. The summed E-state index contributed by atoms with van der Waals surface area (Å²) in [6, 6.07) is 7.67. The number of benzene rings is 1. The maximum Gasteiger partial charge on any atom is 0.227 e. The fourth-order valence-electron chi connectivity index (χ4n) is 4.34. The van der Waals surface area contributed by atoms with Gasteiger partial charge in [-0.3, -0.25) is 14.3 Å². The third-order valence-electron chi connectivity index (χ3n) is 6.02. The van der Waals surface area contributed by atoms with Crippen molar-refractivity contribution in [1.29, 1.82) is 0 Å². The van der Waals surface area contributed by atoms with E-state index in [0.717, 1.165) is 23.4 Å². The average molecular weight is 412 g/mol. The molecule has 4 rings (SSSR count). The third kappa shape index (κ3) is 3.92. The van der Waals surface area contributed by atoms with Gasteiger partial charge in [-0.25, -0.2) is 0 Å². The third-order valence-corrected chi connectivity index (χ3v) is 6.02. The van der Waals surface area contributed by atoms with Crippen LogP contribution >= 0.6 is 0 Å². The van der Waals surface area contributed by atoms with Gasteiger partial charge in [0.15, 0.2) is 0 Å². The minimum atomic E-state index is -0.375. The summed E-state index contributed by atoms with van der Waals surface area (Å²) in [5.74, 6) is 0.302. The molecule has 3 atom stereocenters. The molecule has 1 aromatic heterocycles. The molecule has 160 valence electrons. The van der Waals surface area contributed by atoms with Crippen molar-refractivity contribution >= 4 is 17.5 Å². The largest absolute Gasteiger partial charge is 0.495 e. The van der Waals surface area contributed by atoms with E-state index >= 15 is 0 Å². The molecule has 0 aliphatic carbocycles. The van der Waals surface area contributed by atoms with Gasteiger partial charge in [0.1, 0.15) is 11.9 Å². The van der Waals surface area contributed by atoms with E-state index in [9.17, 15) is 9.59 Å². The van der Waals surface area contributed by atoms with Crippen molar-refractivity contribution in [1.82, 2.24) is 15.1 Å². The molecule has 30 heavy (non-hydrogen) atoms. The topological polar surface area (TPSA) is 85.7 Å². The lowest BCUT2D eigenvalue weighted by atomic mass is 9.98. The number of carbonyl (C=O) groups excluding carboxylic acids is 2. The Hall–Kier alpha value is -2.87. The smallest absolute Gasteiger partial charge is 0.227 e. The zero-order chi connectivity index (χ0) is 21.3. The highest BCUT2D eigenvalue weighted by molar-refractivity contribution is 6.01. The summed E-state index contributed by atoms with van der Waals surface area (Å²) in [7, 11) is 3.48. The van der Waals surface area contributed by atoms with Crippen LogP contribution in [0.5, 0.6) is 5.75 Å². The van der Waals surface area contributed by atoms with Gasteiger partial charge in [0, 0.05) is 45.3 Å². The lowest BCUT2D eigenvalue weighted by Crippen LogP contribution is -2.36. The number of hydrogen-bond donors (Lipinski definition) is 1. The van der Waals surface area contributed by atoms with E-state index in [0.29, 0.717) is 25.4 Å². The van der Waals surface area contributed by atoms with Gasteiger partial charge in [-0.05, 0) is 37.1 Å². The minimum Gasteiger partial charge on any atom is -0.495 e. The van der Waals surface area contributed by atoms with Crippen molar-refractivity contribution in [2.45, 2.75) is 25.9 Å². The molecule has 0 spiro atoms. The Labute approximate surface area is 176 Å². The zero-order valence-electron chi connectivity index (χ0n) is 17.6. The number of methoxy groups -OCH3 is 1. The summed E-state index contributed by atoms with van der Waals surface area (Å²) >= 11 is 0. The van der Waals surface area contributed by atoms with Crippen LogP contribution in [-0.2, 0) is 21.4 Å². The normalized spacial score (nSPS) is 23.8. The van der Waals surface area contributed by atoms with Gasteiger partial charge in [-0.15, -0.1) is 0 Å². The van der Waals surface area contributed by atoms with Gasteiger partial charge in [0.05, 0.1) is 24.4 Å². The predicted octanol–water partition coefficient (Wildman–Crippen LogP) is 1.98. The first-order chi connectivity index (χ1) is 14.5. The summed E-state index contributed by atoms with van der Waals surface area (Å²) in [6.07, 6.45) is 2.77. The van der Waals surface area contributed by atoms with Gasteiger partial charge >= 0.3 is 0 Å². The predicted molar refractivity (Wildman–Crippen MR) is 111 cm³/mol. The van der Waals surface area contributed by atoms with Crippen LogP contribution < -0.4 is 15.0 Å². The second kappa shape index (κ2) is 8.47. The molecule has 8 nitrogen and oxygen atoms in total. The molecule has 1 aromatic carbocycles. The Balaban J connectivity index is 1.39. The van der Waals surface area contributed by atoms with Gasteiger partial charge in [-0.1, -0.05) is 6.07 Å². The monoisotopic (exact) mass is 412 g/mol. The highest BCUT2D eigenvalue weighted by atomic mass is 16.5. The van der Waals surface area contributed by atoms with E-state index in [4.69, 9.17) is 9.47 Å². The molecule has 0 unspecified atom stereocenters. The van der Waals surface area contributed by atoms with Crippen LogP contribution in [0, 0.1) is 18.8 Å². The summed E-state index contributed by atoms with van der Waals surface area (Å²) in [5, 5.41) is 7.27. The first-order valence-electron chi connectivity index (χ1n) is 10.3. The number of anilines is 1. The summed E-state index contributed by atoms with van der Waals surface area (Å²) in [5.41, 5.74) is 2.77. The van der Waals surface area contributed by atoms with Crippen molar-refractivity contribution in [3.63, 3.8) is 0 Å². The number of nitrogens with one attached hydrogen (secondary N) is 1. The van der Waals surface area contributed by atoms with Crippen LogP contribution in [0.4, 0.5) is 5.69 Å². The molecule has 0 bridgehead atoms. The number of hydrogen-bond acceptors (Lipinski definition) is 5. The Kier molecular flexibility index (Phi) is 5.76. The molecule has 0 radical (unpaired) electrons. The second-order valence-corrected chi connectivity index (χ2v) is 8.05. The molecular weight excluding hydrogens is 384 g/mol. The van der Waals surface area contributed by atoms with Crippen LogP contribution in [0.15, 0.2) is 30.5 Å². The fourth-order valence-corrected chi connectivity index (χ4v) is 4.34. The Morgan fingerprint density at radius 2 is 2.20 bits per heavy atom. The van der Waals surface area contributed by atoms with Crippen LogP contribution in [0.2, 0.25) is 0 Å². The number of aryl methyl sites for hydroxylation is 2. The first-order valence-corrected chi connectivity index (χ1v) is 10.3. The summed E-state index contributed by atoms with van der Waals surface area (Å²) < 4.78 is 13.1. The number of carbonyl (C=O) groups is 2. The van der Waals surface area contributed by atoms with E-state index in [-0.39, 0.29) is 36.2 Å². The SMILES string of the molecule is COc1ccc(C)cc1N1C[C@H](C(=O)NC[C@@H]2CCO[C@H]2c2ccnn2C)CC1=O. The number of amides is 2. The highest BCUT2D eigenvalue weighted by Crippen LogP contribution is 2.35. The van der Waals surface area contributed by atoms with E-state index < -0.39 is 0 Å². The second-order valence-electron chi connectivity index (χ2n) is 8.05. The lowest BCUT2D eigenvalue weighted by molar-refractivity contribution is -0.126. The molecule has 2 fully saturated rings. The van der Waals surface area contributed by atoms with Crippen molar-refractivity contribution in [3.8, 4) is 5.75 Å². The summed E-state index contributed by atoms with van der Waals surface area (Å²) in [4.78, 5) is 27.1. The molecule has 2 saturated heterocycles. The Morgan fingerprint density at radius 1 is 1.37 bits per heavy atom. The van der Waals surface area contributed by atoms with Gasteiger partial charge < -0.3 is 19.7 Å². The lowest BCUT2D eigenvalue weighted by Gasteiger charge is -2.21. The average Bonchev–Trinajstić information content (AvgIpc) is 3.45. The minimum absolute atomic E-state index is 0.0592. The van der Waals surface area contributed by atoms with E-state index in [1.165, 1.54) is 0 Å². The van der Waals surface area contributed by atoms with Crippen LogP contribution in [0.3, 0.4) is 0 Å². The van der Waals surface area contributed by atoms with Crippen molar-refractivity contribution < 1.29 is 19.1 Å². The Bertz CT molecular complexity index is 941. The number of aromatic nitrogens is 2. The molecule has 8 heteroatoms. The standard InChI is InChI=1S/C22H28N4O4/c1-14-4-5-19(29-3)18(10-14)26-13-16(11-20(26)27)22(28)23-12-15-7-9-30-21(15)17-6-8-24-25(17)2/h4-6,8,10,15-16,21H,7,9,11-13H2,1-3H3,(H,23,28)/t15-,16+,21+/m0/s1. The molecule has 2 aromatic rings. The number of nitrogens with zero attached hydrogens (tertiary/aromatic N) is 3. The number of ether oxygens (including phenoxy) is 2. The Morgan fingerprint density at radius 3 is 2.93 bits per heavy atom. The maximum absolute atomic E-state index is 12.8. The van der Waals surface area contributed by atoms with Crippen LogP contribution in [0.1, 0.15) is 30.2 Å². The van der Waals surface area contributed by atoms with Gasteiger partial charge in [-0.2, -0.15) is 5.10 Å². The van der Waals surface area contributed by atoms with Crippen molar-refractivity contribution in [2.24, 2.45) is 18.9 Å². The highest BCUT2D eigenvalue weighted by Gasteiger charge is 2.37. The molecule has 2 amide bonds. The molecule has 2 aliphatic heterocycles. The van der Waals surface area contributed by atoms with Crippen molar-refractivity contribution in [2.75, 3.05) is 31.7 Å². The molecule has 2 aliphatic rings. The van der Waals surface area contributed by atoms with Crippen molar-refractivity contribution in [3.05, 3.63) is 41.7 Å². The quantitative estimate of drug-likeness (QED) is 0.784. The zero-order valence-corrected chi connectivity index (χ0v) is 17.6.